The molecule has 0 radical (unpaired) electrons. The highest BCUT2D eigenvalue weighted by molar-refractivity contribution is 7.91. The number of hydrogen-bond donors (Lipinski definition) is 2. The molecular formula is C15H28N2O2S2. The molecule has 1 rings (SSSR count). The van der Waals surface area contributed by atoms with Gasteiger partial charge >= 0.3 is 0 Å². The zero-order valence-electron chi connectivity index (χ0n) is 13.7. The summed E-state index contributed by atoms with van der Waals surface area (Å²) in [6.07, 6.45) is 1.92. The average Bonchev–Trinajstić information content (AvgIpc) is 2.74. The van der Waals surface area contributed by atoms with Crippen LogP contribution < -0.4 is 10.0 Å². The number of nitrogens with one attached hydrogen (secondary N) is 2. The zero-order valence-corrected chi connectivity index (χ0v) is 15.3. The fraction of sp³-hybridized carbons (Fsp3) is 0.733. The first-order valence-corrected chi connectivity index (χ1v) is 9.84. The van der Waals surface area contributed by atoms with E-state index in [0.29, 0.717) is 22.7 Å². The van der Waals surface area contributed by atoms with Crippen LogP contribution >= 0.6 is 11.3 Å². The summed E-state index contributed by atoms with van der Waals surface area (Å²) in [5.41, 5.74) is 1.04. The van der Waals surface area contributed by atoms with Crippen molar-refractivity contribution < 1.29 is 8.42 Å². The molecule has 0 amide bonds. The highest BCUT2D eigenvalue weighted by Gasteiger charge is 2.18. The second-order valence-electron chi connectivity index (χ2n) is 6.14. The SMILES string of the molecule is Cc1cc(S(=O)(=O)NCCCC(C)C)sc1CNC(C)C. The minimum absolute atomic E-state index is 0.390. The lowest BCUT2D eigenvalue weighted by atomic mass is 10.1. The average molecular weight is 333 g/mol. The molecule has 0 aromatic carbocycles. The summed E-state index contributed by atoms with van der Waals surface area (Å²) in [5.74, 6) is 0.604. The van der Waals surface area contributed by atoms with Crippen molar-refractivity contribution in [2.75, 3.05) is 6.54 Å². The predicted molar refractivity (Wildman–Crippen MR) is 90.3 cm³/mol. The van der Waals surface area contributed by atoms with Gasteiger partial charge in [-0.2, -0.15) is 0 Å². The van der Waals surface area contributed by atoms with Gasteiger partial charge in [0.15, 0.2) is 0 Å². The number of rotatable bonds is 9. The van der Waals surface area contributed by atoms with E-state index >= 15 is 0 Å². The quantitative estimate of drug-likeness (QED) is 0.682. The molecule has 0 aliphatic carbocycles. The van der Waals surface area contributed by atoms with Crippen LogP contribution in [0.5, 0.6) is 0 Å². The van der Waals surface area contributed by atoms with Crippen LogP contribution in [-0.2, 0) is 16.6 Å². The molecule has 0 spiro atoms. The Balaban J connectivity index is 2.64. The van der Waals surface area contributed by atoms with Gasteiger partial charge in [0, 0.05) is 24.0 Å². The van der Waals surface area contributed by atoms with Gasteiger partial charge in [0.25, 0.3) is 0 Å². The minimum atomic E-state index is -3.36. The lowest BCUT2D eigenvalue weighted by Gasteiger charge is -2.07. The summed E-state index contributed by atoms with van der Waals surface area (Å²) >= 11 is 1.36. The Bertz CT molecular complexity index is 534. The lowest BCUT2D eigenvalue weighted by molar-refractivity contribution is 0.540. The molecule has 0 saturated heterocycles. The molecule has 122 valence electrons. The van der Waals surface area contributed by atoms with Crippen LogP contribution in [0.1, 0.15) is 51.0 Å². The maximum absolute atomic E-state index is 12.3. The van der Waals surface area contributed by atoms with E-state index in [1.165, 1.54) is 11.3 Å². The third kappa shape index (κ3) is 6.46. The van der Waals surface area contributed by atoms with Gasteiger partial charge in [0.05, 0.1) is 0 Å². The van der Waals surface area contributed by atoms with E-state index in [0.717, 1.165) is 29.8 Å². The highest BCUT2D eigenvalue weighted by atomic mass is 32.2. The fourth-order valence-electron chi connectivity index (χ4n) is 1.88. The monoisotopic (exact) mass is 332 g/mol. The van der Waals surface area contributed by atoms with Gasteiger partial charge in [-0.1, -0.05) is 27.7 Å². The summed E-state index contributed by atoms with van der Waals surface area (Å²) in [5, 5.41) is 3.33. The summed E-state index contributed by atoms with van der Waals surface area (Å²) in [6.45, 7) is 11.6. The second kappa shape index (κ2) is 8.27. The van der Waals surface area contributed by atoms with Crippen LogP contribution in [0.3, 0.4) is 0 Å². The van der Waals surface area contributed by atoms with Crippen LogP contribution in [0, 0.1) is 12.8 Å². The first-order valence-electron chi connectivity index (χ1n) is 7.54. The minimum Gasteiger partial charge on any atom is -0.310 e. The molecule has 2 N–H and O–H groups in total. The summed E-state index contributed by atoms with van der Waals surface area (Å²) in [7, 11) is -3.36. The number of sulfonamides is 1. The number of hydrogen-bond acceptors (Lipinski definition) is 4. The molecule has 0 atom stereocenters. The molecule has 1 heterocycles. The van der Waals surface area contributed by atoms with Gasteiger partial charge in [-0.05, 0) is 37.3 Å². The smallest absolute Gasteiger partial charge is 0.250 e. The topological polar surface area (TPSA) is 58.2 Å². The normalized spacial score (nSPS) is 12.5. The second-order valence-corrected chi connectivity index (χ2v) is 9.27. The molecule has 21 heavy (non-hydrogen) atoms. The van der Waals surface area contributed by atoms with Crippen molar-refractivity contribution in [3.63, 3.8) is 0 Å². The van der Waals surface area contributed by atoms with Crippen molar-refractivity contribution in [3.8, 4) is 0 Å². The molecule has 0 aliphatic rings. The largest absolute Gasteiger partial charge is 0.310 e. The van der Waals surface area contributed by atoms with E-state index in [-0.39, 0.29) is 0 Å². The Morgan fingerprint density at radius 1 is 1.24 bits per heavy atom. The van der Waals surface area contributed by atoms with E-state index in [9.17, 15) is 8.42 Å². The molecule has 1 aromatic heterocycles. The Labute approximate surface area is 133 Å². The molecule has 0 bridgehead atoms. The Hall–Kier alpha value is -0.430. The Kier molecular flexibility index (Phi) is 7.33. The van der Waals surface area contributed by atoms with Crippen LogP contribution in [0.15, 0.2) is 10.3 Å². The van der Waals surface area contributed by atoms with E-state index in [4.69, 9.17) is 0 Å². The molecule has 1 aromatic rings. The third-order valence-corrected chi connectivity index (χ3v) is 6.36. The summed E-state index contributed by atoms with van der Waals surface area (Å²) in [6, 6.07) is 2.16. The van der Waals surface area contributed by atoms with Gasteiger partial charge in [-0.3, -0.25) is 0 Å². The van der Waals surface area contributed by atoms with Crippen molar-refractivity contribution in [1.29, 1.82) is 0 Å². The molecule has 0 aliphatic heterocycles. The number of aryl methyl sites for hydroxylation is 1. The van der Waals surface area contributed by atoms with Gasteiger partial charge in [0.1, 0.15) is 4.21 Å². The first-order chi connectivity index (χ1) is 9.72. The molecular weight excluding hydrogens is 304 g/mol. The Morgan fingerprint density at radius 3 is 2.48 bits per heavy atom. The predicted octanol–water partition coefficient (Wildman–Crippen LogP) is 3.27. The van der Waals surface area contributed by atoms with Gasteiger partial charge in [0.2, 0.25) is 10.0 Å². The van der Waals surface area contributed by atoms with Gasteiger partial charge in [-0.15, -0.1) is 11.3 Å². The van der Waals surface area contributed by atoms with E-state index in [1.807, 2.05) is 6.92 Å². The van der Waals surface area contributed by atoms with E-state index < -0.39 is 10.0 Å². The molecule has 0 unspecified atom stereocenters. The molecule has 6 heteroatoms. The zero-order chi connectivity index (χ0) is 16.0. The summed E-state index contributed by atoms with van der Waals surface area (Å²) < 4.78 is 27.6. The maximum Gasteiger partial charge on any atom is 0.250 e. The molecule has 4 nitrogen and oxygen atoms in total. The van der Waals surface area contributed by atoms with Crippen LogP contribution in [0.25, 0.3) is 0 Å². The third-order valence-electron chi connectivity index (χ3n) is 3.18. The van der Waals surface area contributed by atoms with Gasteiger partial charge in [-0.25, -0.2) is 13.1 Å². The van der Waals surface area contributed by atoms with Crippen LogP contribution in [0.4, 0.5) is 0 Å². The van der Waals surface area contributed by atoms with Crippen molar-refractivity contribution in [2.45, 2.75) is 64.3 Å². The van der Waals surface area contributed by atoms with Crippen molar-refractivity contribution in [2.24, 2.45) is 5.92 Å². The standard InChI is InChI=1S/C15H28N2O2S2/c1-11(2)7-6-8-17-21(18,19)15-9-13(5)14(20-15)10-16-12(3)4/h9,11-12,16-17H,6-8,10H2,1-5H3. The molecule has 0 saturated carbocycles. The first kappa shape index (κ1) is 18.6. The fourth-order valence-corrected chi connectivity index (χ4v) is 4.54. The van der Waals surface area contributed by atoms with Crippen molar-refractivity contribution in [1.82, 2.24) is 10.0 Å². The molecule has 0 fully saturated rings. The Morgan fingerprint density at radius 2 is 1.90 bits per heavy atom. The number of thiophene rings is 1. The van der Waals surface area contributed by atoms with Gasteiger partial charge < -0.3 is 5.32 Å². The van der Waals surface area contributed by atoms with E-state index in [1.54, 1.807) is 6.07 Å². The highest BCUT2D eigenvalue weighted by Crippen LogP contribution is 2.26. The van der Waals surface area contributed by atoms with E-state index in [2.05, 4.69) is 37.7 Å². The van der Waals surface area contributed by atoms with Crippen LogP contribution in [0.2, 0.25) is 0 Å². The lowest BCUT2D eigenvalue weighted by Crippen LogP contribution is -2.24. The maximum atomic E-state index is 12.3. The summed E-state index contributed by atoms with van der Waals surface area (Å²) in [4.78, 5) is 1.09. The van der Waals surface area contributed by atoms with Crippen molar-refractivity contribution >= 4 is 21.4 Å². The van der Waals surface area contributed by atoms with Crippen LogP contribution in [-0.4, -0.2) is 21.0 Å². The van der Waals surface area contributed by atoms with Crippen molar-refractivity contribution in [3.05, 3.63) is 16.5 Å².